The number of rotatable bonds is 4. The number of aromatic nitrogens is 3. The van der Waals surface area contributed by atoms with Crippen LogP contribution in [0.2, 0.25) is 0 Å². The van der Waals surface area contributed by atoms with Crippen molar-refractivity contribution in [3.05, 3.63) is 48.0 Å². The van der Waals surface area contributed by atoms with Gasteiger partial charge in [0.05, 0.1) is 11.7 Å². The fourth-order valence-electron chi connectivity index (χ4n) is 3.38. The molecule has 0 bridgehead atoms. The highest BCUT2D eigenvalue weighted by Gasteiger charge is 2.28. The number of hydrogen-bond acceptors (Lipinski definition) is 3. The van der Waals surface area contributed by atoms with E-state index in [1.54, 1.807) is 23.1 Å². The molecule has 2 aromatic heterocycles. The van der Waals surface area contributed by atoms with Crippen LogP contribution in [0.25, 0.3) is 0 Å². The van der Waals surface area contributed by atoms with Crippen molar-refractivity contribution in [2.24, 2.45) is 5.92 Å². The van der Waals surface area contributed by atoms with E-state index in [-0.39, 0.29) is 11.7 Å². The maximum Gasteiger partial charge on any atom is 0.356 e. The number of hydrogen-bond donors (Lipinski definition) is 1. The molecule has 1 N–H and O–H groups in total. The van der Waals surface area contributed by atoms with Gasteiger partial charge >= 0.3 is 5.97 Å². The Kier molecular flexibility index (Phi) is 4.51. The summed E-state index contributed by atoms with van der Waals surface area (Å²) in [6.07, 6.45) is 10.9. The summed E-state index contributed by atoms with van der Waals surface area (Å²) < 4.78 is 1.79. The fraction of sp³-hybridized carbons (Fsp3) is 0.471. The molecular formula is C17H21N3O2. The molecule has 3 rings (SSSR count). The Balaban J connectivity index is 1.96. The van der Waals surface area contributed by atoms with Gasteiger partial charge in [0, 0.05) is 12.4 Å². The SMILES string of the molecule is O=C(O)c1ccn(C(c2ccccn2)C2CCCCCC2)n1. The molecule has 5 nitrogen and oxygen atoms in total. The summed E-state index contributed by atoms with van der Waals surface area (Å²) in [5.74, 6) is -0.529. The molecule has 0 spiro atoms. The second kappa shape index (κ2) is 6.73. The third kappa shape index (κ3) is 3.18. The van der Waals surface area contributed by atoms with E-state index in [9.17, 15) is 4.79 Å². The van der Waals surface area contributed by atoms with Crippen molar-refractivity contribution in [1.82, 2.24) is 14.8 Å². The maximum atomic E-state index is 11.1. The van der Waals surface area contributed by atoms with Crippen LogP contribution in [-0.2, 0) is 0 Å². The van der Waals surface area contributed by atoms with Gasteiger partial charge in [-0.25, -0.2) is 4.79 Å². The van der Waals surface area contributed by atoms with E-state index >= 15 is 0 Å². The second-order valence-corrected chi connectivity index (χ2v) is 5.94. The molecule has 22 heavy (non-hydrogen) atoms. The number of nitrogens with zero attached hydrogens (tertiary/aromatic N) is 3. The van der Waals surface area contributed by atoms with E-state index in [0.29, 0.717) is 5.92 Å². The molecule has 0 radical (unpaired) electrons. The predicted molar refractivity (Wildman–Crippen MR) is 82.8 cm³/mol. The van der Waals surface area contributed by atoms with Crippen LogP contribution in [0.4, 0.5) is 0 Å². The van der Waals surface area contributed by atoms with Gasteiger partial charge in [-0.15, -0.1) is 0 Å². The minimum Gasteiger partial charge on any atom is -0.476 e. The minimum atomic E-state index is -0.987. The standard InChI is InChI=1S/C17H21N3O2/c21-17(22)15-10-12-20(19-15)16(14-9-5-6-11-18-14)13-7-3-1-2-4-8-13/h5-6,9-13,16H,1-4,7-8H2,(H,21,22). The molecule has 0 aliphatic heterocycles. The number of carboxylic acid groups (broad SMARTS) is 1. The van der Waals surface area contributed by atoms with Crippen LogP contribution >= 0.6 is 0 Å². The zero-order valence-corrected chi connectivity index (χ0v) is 12.6. The average molecular weight is 299 g/mol. The predicted octanol–water partition coefficient (Wildman–Crippen LogP) is 3.54. The molecule has 1 aliphatic carbocycles. The van der Waals surface area contributed by atoms with Crippen molar-refractivity contribution in [2.45, 2.75) is 44.6 Å². The maximum absolute atomic E-state index is 11.1. The first-order chi connectivity index (χ1) is 10.8. The highest BCUT2D eigenvalue weighted by Crippen LogP contribution is 2.35. The smallest absolute Gasteiger partial charge is 0.356 e. The van der Waals surface area contributed by atoms with Gasteiger partial charge in [0.1, 0.15) is 0 Å². The molecular weight excluding hydrogens is 278 g/mol. The summed E-state index contributed by atoms with van der Waals surface area (Å²) in [4.78, 5) is 15.6. The van der Waals surface area contributed by atoms with Crippen LogP contribution in [0.3, 0.4) is 0 Å². The number of aromatic carboxylic acids is 1. The van der Waals surface area contributed by atoms with Crippen LogP contribution in [-0.4, -0.2) is 25.8 Å². The molecule has 2 aromatic rings. The van der Waals surface area contributed by atoms with Crippen molar-refractivity contribution in [2.75, 3.05) is 0 Å². The highest BCUT2D eigenvalue weighted by molar-refractivity contribution is 5.85. The highest BCUT2D eigenvalue weighted by atomic mass is 16.4. The van der Waals surface area contributed by atoms with E-state index in [4.69, 9.17) is 5.11 Å². The lowest BCUT2D eigenvalue weighted by Crippen LogP contribution is -2.22. The largest absolute Gasteiger partial charge is 0.476 e. The normalized spacial score (nSPS) is 17.8. The lowest BCUT2D eigenvalue weighted by molar-refractivity contribution is 0.0688. The van der Waals surface area contributed by atoms with Crippen molar-refractivity contribution in [1.29, 1.82) is 0 Å². The number of carbonyl (C=O) groups is 1. The lowest BCUT2D eigenvalue weighted by Gasteiger charge is -2.26. The van der Waals surface area contributed by atoms with Crippen LogP contribution in [0.1, 0.15) is 60.7 Å². The first-order valence-electron chi connectivity index (χ1n) is 7.95. The minimum absolute atomic E-state index is 0.0207. The van der Waals surface area contributed by atoms with Gasteiger partial charge < -0.3 is 5.11 Å². The van der Waals surface area contributed by atoms with Crippen LogP contribution in [0.15, 0.2) is 36.7 Å². The van der Waals surface area contributed by atoms with Crippen LogP contribution in [0.5, 0.6) is 0 Å². The third-order valence-corrected chi connectivity index (χ3v) is 4.45. The molecule has 0 aromatic carbocycles. The van der Waals surface area contributed by atoms with E-state index in [2.05, 4.69) is 10.1 Å². The molecule has 116 valence electrons. The van der Waals surface area contributed by atoms with Gasteiger partial charge in [-0.1, -0.05) is 31.7 Å². The molecule has 0 amide bonds. The van der Waals surface area contributed by atoms with Gasteiger partial charge in [-0.3, -0.25) is 9.67 Å². The second-order valence-electron chi connectivity index (χ2n) is 5.94. The summed E-state index contributed by atoms with van der Waals surface area (Å²) in [7, 11) is 0. The molecule has 1 atom stereocenters. The van der Waals surface area contributed by atoms with Crippen molar-refractivity contribution >= 4 is 5.97 Å². The Morgan fingerprint density at radius 1 is 1.18 bits per heavy atom. The Morgan fingerprint density at radius 2 is 1.95 bits per heavy atom. The van der Waals surface area contributed by atoms with E-state index in [1.807, 2.05) is 18.2 Å². The Labute approximate surface area is 130 Å². The van der Waals surface area contributed by atoms with Gasteiger partial charge in [0.15, 0.2) is 5.69 Å². The van der Waals surface area contributed by atoms with E-state index in [0.717, 1.165) is 18.5 Å². The van der Waals surface area contributed by atoms with Gasteiger partial charge in [-0.05, 0) is 37.0 Å². The summed E-state index contributed by atoms with van der Waals surface area (Å²) in [5, 5.41) is 13.4. The topological polar surface area (TPSA) is 68.0 Å². The van der Waals surface area contributed by atoms with Gasteiger partial charge in [0.25, 0.3) is 0 Å². The number of pyridine rings is 1. The van der Waals surface area contributed by atoms with Crippen LogP contribution in [0, 0.1) is 5.92 Å². The summed E-state index contributed by atoms with van der Waals surface area (Å²) >= 11 is 0. The zero-order chi connectivity index (χ0) is 15.4. The lowest BCUT2D eigenvalue weighted by atomic mass is 9.89. The monoisotopic (exact) mass is 299 g/mol. The van der Waals surface area contributed by atoms with Crippen molar-refractivity contribution in [3.8, 4) is 0 Å². The summed E-state index contributed by atoms with van der Waals surface area (Å²) in [6, 6.07) is 7.48. The molecule has 1 saturated carbocycles. The quantitative estimate of drug-likeness (QED) is 0.877. The summed E-state index contributed by atoms with van der Waals surface area (Å²) in [6.45, 7) is 0. The molecule has 1 unspecified atom stereocenters. The summed E-state index contributed by atoms with van der Waals surface area (Å²) in [5.41, 5.74) is 1.06. The van der Waals surface area contributed by atoms with E-state index in [1.165, 1.54) is 25.7 Å². The van der Waals surface area contributed by atoms with Gasteiger partial charge in [-0.2, -0.15) is 5.10 Å². The fourth-order valence-corrected chi connectivity index (χ4v) is 3.38. The first kappa shape index (κ1) is 14.8. The molecule has 2 heterocycles. The molecule has 0 saturated heterocycles. The Bertz CT molecular complexity index is 616. The number of carboxylic acids is 1. The Hall–Kier alpha value is -2.17. The zero-order valence-electron chi connectivity index (χ0n) is 12.6. The van der Waals surface area contributed by atoms with E-state index < -0.39 is 5.97 Å². The third-order valence-electron chi connectivity index (χ3n) is 4.45. The Morgan fingerprint density at radius 3 is 2.55 bits per heavy atom. The first-order valence-corrected chi connectivity index (χ1v) is 7.95. The molecule has 1 fully saturated rings. The molecule has 5 heteroatoms. The average Bonchev–Trinajstić information content (AvgIpc) is 2.86. The van der Waals surface area contributed by atoms with Crippen LogP contribution < -0.4 is 0 Å². The van der Waals surface area contributed by atoms with Gasteiger partial charge in [0.2, 0.25) is 0 Å². The molecule has 1 aliphatic rings. The van der Waals surface area contributed by atoms with Crippen molar-refractivity contribution in [3.63, 3.8) is 0 Å². The van der Waals surface area contributed by atoms with Crippen molar-refractivity contribution < 1.29 is 9.90 Å².